The van der Waals surface area contributed by atoms with Gasteiger partial charge in [-0.1, -0.05) is 0 Å². The molecule has 2 atom stereocenters. The fraction of sp³-hybridized carbons (Fsp3) is 0.857. The van der Waals surface area contributed by atoms with Gasteiger partial charge in [-0.3, -0.25) is 9.69 Å². The Kier molecular flexibility index (Phi) is 6.09. The number of alkyl halides is 3. The first-order chi connectivity index (χ1) is 10.9. The second-order valence-electron chi connectivity index (χ2n) is 5.74. The lowest BCUT2D eigenvalue weighted by atomic mass is 10.1. The second-order valence-corrected chi connectivity index (χ2v) is 5.74. The van der Waals surface area contributed by atoms with Crippen molar-refractivity contribution in [3.8, 4) is 0 Å². The molecule has 132 valence electrons. The van der Waals surface area contributed by atoms with Crippen molar-refractivity contribution >= 4 is 12.0 Å². The molecule has 23 heavy (non-hydrogen) atoms. The monoisotopic (exact) mass is 338 g/mol. The lowest BCUT2D eigenvalue weighted by molar-refractivity contribution is -0.162. The fourth-order valence-corrected chi connectivity index (χ4v) is 2.83. The Morgan fingerprint density at radius 3 is 2.70 bits per heavy atom. The summed E-state index contributed by atoms with van der Waals surface area (Å²) < 4.78 is 45.9. The number of carbonyl (C=O) groups excluding carboxylic acids is 2. The minimum atomic E-state index is -4.57. The Hall–Kier alpha value is -1.51. The maximum atomic E-state index is 12.1. The van der Waals surface area contributed by atoms with Crippen LogP contribution in [0, 0.1) is 0 Å². The Morgan fingerprint density at radius 2 is 2.04 bits per heavy atom. The van der Waals surface area contributed by atoms with Crippen molar-refractivity contribution in [1.82, 2.24) is 10.2 Å². The highest BCUT2D eigenvalue weighted by Gasteiger charge is 2.37. The van der Waals surface area contributed by atoms with Crippen LogP contribution >= 0.6 is 0 Å². The van der Waals surface area contributed by atoms with E-state index in [4.69, 9.17) is 4.74 Å². The van der Waals surface area contributed by atoms with Crippen LogP contribution in [0.25, 0.3) is 0 Å². The molecule has 0 saturated carbocycles. The highest BCUT2D eigenvalue weighted by Crippen LogP contribution is 2.21. The van der Waals surface area contributed by atoms with Crippen LogP contribution in [0.4, 0.5) is 18.0 Å². The zero-order valence-corrected chi connectivity index (χ0v) is 12.7. The van der Waals surface area contributed by atoms with Crippen LogP contribution in [0.15, 0.2) is 0 Å². The van der Waals surface area contributed by atoms with Gasteiger partial charge in [0.2, 0.25) is 5.91 Å². The van der Waals surface area contributed by atoms with Crippen LogP contribution in [0.2, 0.25) is 0 Å². The highest BCUT2D eigenvalue weighted by atomic mass is 19.4. The molecular formula is C14H21F3N2O4. The van der Waals surface area contributed by atoms with Crippen molar-refractivity contribution in [2.75, 3.05) is 26.3 Å². The van der Waals surface area contributed by atoms with Crippen molar-refractivity contribution in [2.24, 2.45) is 0 Å². The molecule has 0 radical (unpaired) electrons. The number of likely N-dealkylation sites (tertiary alicyclic amines) is 1. The number of carbonyl (C=O) groups is 2. The van der Waals surface area contributed by atoms with E-state index < -0.39 is 24.9 Å². The van der Waals surface area contributed by atoms with E-state index in [1.165, 1.54) is 0 Å². The number of rotatable bonds is 5. The van der Waals surface area contributed by atoms with Crippen molar-refractivity contribution in [3.05, 3.63) is 0 Å². The number of nitrogens with one attached hydrogen (secondary N) is 1. The van der Waals surface area contributed by atoms with E-state index >= 15 is 0 Å². The van der Waals surface area contributed by atoms with Gasteiger partial charge in [0.25, 0.3) is 0 Å². The molecule has 0 aromatic rings. The minimum Gasteiger partial charge on any atom is -0.440 e. The molecule has 0 aromatic carbocycles. The van der Waals surface area contributed by atoms with Crippen LogP contribution in [-0.4, -0.2) is 61.5 Å². The predicted molar refractivity (Wildman–Crippen MR) is 73.7 cm³/mol. The van der Waals surface area contributed by atoms with Crippen LogP contribution in [-0.2, 0) is 14.3 Å². The molecular weight excluding hydrogens is 317 g/mol. The van der Waals surface area contributed by atoms with Crippen molar-refractivity contribution in [1.29, 1.82) is 0 Å². The molecule has 9 heteroatoms. The first kappa shape index (κ1) is 17.8. The predicted octanol–water partition coefficient (Wildman–Crippen LogP) is 1.83. The summed E-state index contributed by atoms with van der Waals surface area (Å²) in [6.45, 7) is -0.262. The van der Waals surface area contributed by atoms with Gasteiger partial charge in [-0.05, 0) is 32.1 Å². The molecule has 2 heterocycles. The Bertz CT molecular complexity index is 425. The quantitative estimate of drug-likeness (QED) is 0.830. The maximum Gasteiger partial charge on any atom is 0.422 e. The molecule has 0 unspecified atom stereocenters. The molecule has 2 fully saturated rings. The number of ether oxygens (including phenoxy) is 2. The van der Waals surface area contributed by atoms with Gasteiger partial charge in [0.05, 0.1) is 6.10 Å². The third-order valence-electron chi connectivity index (χ3n) is 3.94. The molecule has 0 aromatic heterocycles. The summed E-state index contributed by atoms with van der Waals surface area (Å²) >= 11 is 0. The average molecular weight is 338 g/mol. The first-order valence-electron chi connectivity index (χ1n) is 7.76. The third-order valence-corrected chi connectivity index (χ3v) is 3.94. The van der Waals surface area contributed by atoms with Crippen molar-refractivity contribution in [3.63, 3.8) is 0 Å². The Morgan fingerprint density at radius 1 is 1.26 bits per heavy atom. The van der Waals surface area contributed by atoms with Crippen molar-refractivity contribution in [2.45, 2.75) is 50.4 Å². The van der Waals surface area contributed by atoms with Crippen LogP contribution in [0.5, 0.6) is 0 Å². The minimum absolute atomic E-state index is 0.145. The Labute approximate surface area is 132 Å². The summed E-state index contributed by atoms with van der Waals surface area (Å²) in [5, 5.41) is 2.72. The smallest absolute Gasteiger partial charge is 0.422 e. The zero-order chi connectivity index (χ0) is 16.9. The molecule has 0 bridgehead atoms. The second kappa shape index (κ2) is 7.85. The topological polar surface area (TPSA) is 67.9 Å². The summed E-state index contributed by atoms with van der Waals surface area (Å²) in [7, 11) is 0. The van der Waals surface area contributed by atoms with E-state index in [0.29, 0.717) is 25.8 Å². The van der Waals surface area contributed by atoms with E-state index in [0.717, 1.165) is 24.3 Å². The van der Waals surface area contributed by atoms with Gasteiger partial charge >= 0.3 is 12.3 Å². The zero-order valence-electron chi connectivity index (χ0n) is 12.7. The molecule has 1 N–H and O–H groups in total. The summed E-state index contributed by atoms with van der Waals surface area (Å²) in [5.74, 6) is -0.357. The van der Waals surface area contributed by atoms with E-state index in [9.17, 15) is 22.8 Å². The summed E-state index contributed by atoms with van der Waals surface area (Å²) in [6, 6.07) is -0.764. The molecule has 2 aliphatic rings. The number of nitrogens with zero attached hydrogens (tertiary/aromatic N) is 1. The van der Waals surface area contributed by atoms with E-state index in [1.807, 2.05) is 0 Å². The highest BCUT2D eigenvalue weighted by molar-refractivity contribution is 5.86. The van der Waals surface area contributed by atoms with Gasteiger partial charge in [-0.15, -0.1) is 0 Å². The van der Waals surface area contributed by atoms with Gasteiger partial charge in [0.1, 0.15) is 6.04 Å². The number of hydrogen-bond donors (Lipinski definition) is 1. The maximum absolute atomic E-state index is 12.1. The van der Waals surface area contributed by atoms with Crippen molar-refractivity contribution < 1.29 is 32.2 Å². The molecule has 0 spiro atoms. The summed E-state index contributed by atoms with van der Waals surface area (Å²) in [5.41, 5.74) is 0. The van der Waals surface area contributed by atoms with E-state index in [1.54, 1.807) is 0 Å². The van der Waals surface area contributed by atoms with Gasteiger partial charge in [0.15, 0.2) is 6.61 Å². The first-order valence-corrected chi connectivity index (χ1v) is 7.76. The SMILES string of the molecule is O=C(NCC[C@@H]1CCCO1)[C@@H]1CCCN1C(=O)OCC(F)(F)F. The number of hydrogen-bond acceptors (Lipinski definition) is 4. The molecule has 2 amide bonds. The van der Waals surface area contributed by atoms with Crippen LogP contribution in [0.3, 0.4) is 0 Å². The van der Waals surface area contributed by atoms with Gasteiger partial charge in [0, 0.05) is 19.7 Å². The third kappa shape index (κ3) is 5.56. The van der Waals surface area contributed by atoms with Crippen LogP contribution in [0.1, 0.15) is 32.1 Å². The normalized spacial score (nSPS) is 24.7. The lowest BCUT2D eigenvalue weighted by Gasteiger charge is -2.23. The molecule has 2 aliphatic heterocycles. The standard InChI is InChI=1S/C14H21F3N2O4/c15-14(16,17)9-23-13(21)19-7-1-4-11(19)12(20)18-6-5-10-3-2-8-22-10/h10-11H,1-9H2,(H,18,20)/t10-,11-/m0/s1. The molecule has 2 rings (SSSR count). The largest absolute Gasteiger partial charge is 0.440 e. The number of amides is 2. The molecule has 0 aliphatic carbocycles. The fourth-order valence-electron chi connectivity index (χ4n) is 2.83. The average Bonchev–Trinajstić information content (AvgIpc) is 3.14. The van der Waals surface area contributed by atoms with E-state index in [-0.39, 0.29) is 18.6 Å². The number of halogens is 3. The molecule has 6 nitrogen and oxygen atoms in total. The molecule has 2 saturated heterocycles. The van der Waals surface area contributed by atoms with Gasteiger partial charge in [-0.25, -0.2) is 4.79 Å². The van der Waals surface area contributed by atoms with Crippen LogP contribution < -0.4 is 5.32 Å². The lowest BCUT2D eigenvalue weighted by Crippen LogP contribution is -2.47. The Balaban J connectivity index is 1.75. The van der Waals surface area contributed by atoms with Gasteiger partial charge in [-0.2, -0.15) is 13.2 Å². The summed E-state index contributed by atoms with van der Waals surface area (Å²) in [4.78, 5) is 24.9. The van der Waals surface area contributed by atoms with Gasteiger partial charge < -0.3 is 14.8 Å². The summed E-state index contributed by atoms with van der Waals surface area (Å²) in [6.07, 6.45) is -1.87. The van der Waals surface area contributed by atoms with E-state index in [2.05, 4.69) is 10.1 Å².